The molecule has 0 heterocycles. The van der Waals surface area contributed by atoms with Crippen LogP contribution in [0.15, 0.2) is 18.2 Å². The Labute approximate surface area is 94.5 Å². The highest BCUT2D eigenvalue weighted by Crippen LogP contribution is 2.21. The molecule has 4 nitrogen and oxygen atoms in total. The minimum Gasteiger partial charge on any atom is -0.494 e. The number of rotatable bonds is 6. The van der Waals surface area contributed by atoms with Gasteiger partial charge in [-0.1, -0.05) is 6.07 Å². The van der Waals surface area contributed by atoms with Crippen LogP contribution in [0.4, 0.5) is 4.39 Å². The van der Waals surface area contributed by atoms with Crippen LogP contribution in [0.3, 0.4) is 0 Å². The molecule has 0 aliphatic heterocycles. The number of halogens is 1. The van der Waals surface area contributed by atoms with Crippen molar-refractivity contribution in [1.82, 2.24) is 5.43 Å². The van der Waals surface area contributed by atoms with Gasteiger partial charge in [0.15, 0.2) is 11.6 Å². The number of nitrogens with two attached hydrogens (primary N) is 1. The number of benzene rings is 1. The van der Waals surface area contributed by atoms with Gasteiger partial charge in [0.2, 0.25) is 0 Å². The molecule has 0 aliphatic rings. The molecule has 0 radical (unpaired) electrons. The standard InChI is InChI=1S/C11H17FN2O2/c1-3-16-7-10(14-13)8-4-5-11(15-2)9(12)6-8/h4-6,10,14H,3,7,13H2,1-2H3. The van der Waals surface area contributed by atoms with Gasteiger partial charge in [0.1, 0.15) is 0 Å². The van der Waals surface area contributed by atoms with Gasteiger partial charge in [-0.3, -0.25) is 11.3 Å². The van der Waals surface area contributed by atoms with Gasteiger partial charge in [0.25, 0.3) is 0 Å². The molecule has 0 fully saturated rings. The van der Waals surface area contributed by atoms with Gasteiger partial charge >= 0.3 is 0 Å². The SMILES string of the molecule is CCOCC(NN)c1ccc(OC)c(F)c1. The molecule has 0 aliphatic carbocycles. The van der Waals surface area contributed by atoms with Crippen LogP contribution in [0.25, 0.3) is 0 Å². The third kappa shape index (κ3) is 3.16. The van der Waals surface area contributed by atoms with E-state index in [9.17, 15) is 4.39 Å². The first kappa shape index (κ1) is 12.9. The zero-order valence-corrected chi connectivity index (χ0v) is 9.50. The molecule has 1 atom stereocenters. The van der Waals surface area contributed by atoms with Gasteiger partial charge in [-0.15, -0.1) is 0 Å². The van der Waals surface area contributed by atoms with Crippen LogP contribution in [0.5, 0.6) is 5.75 Å². The van der Waals surface area contributed by atoms with Gasteiger partial charge in [-0.2, -0.15) is 0 Å². The predicted molar refractivity (Wildman–Crippen MR) is 59.5 cm³/mol. The maximum atomic E-state index is 13.4. The first-order valence-electron chi connectivity index (χ1n) is 5.10. The highest BCUT2D eigenvalue weighted by atomic mass is 19.1. The van der Waals surface area contributed by atoms with Crippen molar-refractivity contribution in [1.29, 1.82) is 0 Å². The van der Waals surface area contributed by atoms with E-state index in [0.717, 1.165) is 5.56 Å². The third-order valence-electron chi connectivity index (χ3n) is 2.27. The van der Waals surface area contributed by atoms with Gasteiger partial charge in [-0.25, -0.2) is 4.39 Å². The number of nitrogens with one attached hydrogen (secondary N) is 1. The Kier molecular flexibility index (Phi) is 5.18. The van der Waals surface area contributed by atoms with Crippen LogP contribution >= 0.6 is 0 Å². The minimum atomic E-state index is -0.406. The van der Waals surface area contributed by atoms with Crippen LogP contribution in [0.2, 0.25) is 0 Å². The molecule has 1 rings (SSSR count). The van der Waals surface area contributed by atoms with Crippen LogP contribution in [-0.2, 0) is 4.74 Å². The van der Waals surface area contributed by atoms with Crippen molar-refractivity contribution in [3.8, 4) is 5.75 Å². The summed E-state index contributed by atoms with van der Waals surface area (Å²) in [5, 5.41) is 0. The summed E-state index contributed by atoms with van der Waals surface area (Å²) in [5.41, 5.74) is 3.32. The Morgan fingerprint density at radius 3 is 2.75 bits per heavy atom. The Balaban J connectivity index is 2.80. The Bertz CT molecular complexity index is 334. The summed E-state index contributed by atoms with van der Waals surface area (Å²) in [7, 11) is 1.43. The van der Waals surface area contributed by atoms with Crippen molar-refractivity contribution in [3.63, 3.8) is 0 Å². The van der Waals surface area contributed by atoms with Crippen LogP contribution < -0.4 is 16.0 Å². The zero-order valence-electron chi connectivity index (χ0n) is 9.50. The molecule has 1 aromatic rings. The summed E-state index contributed by atoms with van der Waals surface area (Å²) in [5.74, 6) is 5.20. The number of ether oxygens (including phenoxy) is 2. The van der Waals surface area contributed by atoms with Gasteiger partial charge in [0.05, 0.1) is 19.8 Å². The van der Waals surface area contributed by atoms with E-state index in [4.69, 9.17) is 15.3 Å². The second kappa shape index (κ2) is 6.42. The van der Waals surface area contributed by atoms with Crippen LogP contribution in [0.1, 0.15) is 18.5 Å². The minimum absolute atomic E-state index is 0.218. The van der Waals surface area contributed by atoms with Crippen LogP contribution in [-0.4, -0.2) is 20.3 Å². The summed E-state index contributed by atoms with van der Waals surface area (Å²) in [6, 6.07) is 4.50. The van der Waals surface area contributed by atoms with E-state index in [-0.39, 0.29) is 11.8 Å². The van der Waals surface area contributed by atoms with Gasteiger partial charge in [-0.05, 0) is 24.6 Å². The summed E-state index contributed by atoms with van der Waals surface area (Å²) in [4.78, 5) is 0. The van der Waals surface area contributed by atoms with Crippen molar-refractivity contribution in [2.24, 2.45) is 5.84 Å². The van der Waals surface area contributed by atoms with E-state index in [2.05, 4.69) is 5.43 Å². The molecule has 16 heavy (non-hydrogen) atoms. The number of hydrogen-bond acceptors (Lipinski definition) is 4. The highest BCUT2D eigenvalue weighted by molar-refractivity contribution is 5.31. The van der Waals surface area contributed by atoms with Crippen molar-refractivity contribution in [3.05, 3.63) is 29.6 Å². The van der Waals surface area contributed by atoms with Gasteiger partial charge < -0.3 is 9.47 Å². The molecular weight excluding hydrogens is 211 g/mol. The second-order valence-corrected chi connectivity index (χ2v) is 3.27. The van der Waals surface area contributed by atoms with Crippen molar-refractivity contribution < 1.29 is 13.9 Å². The lowest BCUT2D eigenvalue weighted by molar-refractivity contribution is 0.123. The van der Waals surface area contributed by atoms with E-state index in [0.29, 0.717) is 13.2 Å². The third-order valence-corrected chi connectivity index (χ3v) is 2.27. The number of methoxy groups -OCH3 is 1. The summed E-state index contributed by atoms with van der Waals surface area (Å²) in [6.45, 7) is 2.89. The summed E-state index contributed by atoms with van der Waals surface area (Å²) in [6.07, 6.45) is 0. The number of hydrogen-bond donors (Lipinski definition) is 2. The van der Waals surface area contributed by atoms with E-state index in [1.165, 1.54) is 13.2 Å². The largest absolute Gasteiger partial charge is 0.494 e. The molecule has 90 valence electrons. The molecule has 0 saturated carbocycles. The predicted octanol–water partition coefficient (Wildman–Crippen LogP) is 1.38. The first-order valence-corrected chi connectivity index (χ1v) is 5.10. The average molecular weight is 228 g/mol. The molecule has 5 heteroatoms. The maximum Gasteiger partial charge on any atom is 0.165 e. The molecule has 0 aromatic heterocycles. The molecule has 0 amide bonds. The Morgan fingerprint density at radius 1 is 1.50 bits per heavy atom. The molecule has 0 spiro atoms. The molecule has 1 aromatic carbocycles. The maximum absolute atomic E-state index is 13.4. The fourth-order valence-electron chi connectivity index (χ4n) is 1.38. The van der Waals surface area contributed by atoms with Crippen molar-refractivity contribution >= 4 is 0 Å². The lowest BCUT2D eigenvalue weighted by atomic mass is 10.1. The fourth-order valence-corrected chi connectivity index (χ4v) is 1.38. The zero-order chi connectivity index (χ0) is 12.0. The summed E-state index contributed by atoms with van der Waals surface area (Å²) < 4.78 is 23.5. The smallest absolute Gasteiger partial charge is 0.165 e. The monoisotopic (exact) mass is 228 g/mol. The lowest BCUT2D eigenvalue weighted by Crippen LogP contribution is -2.31. The highest BCUT2D eigenvalue weighted by Gasteiger charge is 2.12. The molecule has 1 unspecified atom stereocenters. The van der Waals surface area contributed by atoms with E-state index in [1.807, 2.05) is 6.92 Å². The first-order chi connectivity index (χ1) is 7.72. The van der Waals surface area contributed by atoms with Crippen molar-refractivity contribution in [2.45, 2.75) is 13.0 Å². The number of hydrazine groups is 1. The van der Waals surface area contributed by atoms with Crippen molar-refractivity contribution in [2.75, 3.05) is 20.3 Å². The Morgan fingerprint density at radius 2 is 2.25 bits per heavy atom. The molecule has 3 N–H and O–H groups in total. The molecular formula is C11H17FN2O2. The molecule has 0 bridgehead atoms. The quantitative estimate of drug-likeness (QED) is 0.570. The fraction of sp³-hybridized carbons (Fsp3) is 0.455. The van der Waals surface area contributed by atoms with Gasteiger partial charge in [0, 0.05) is 6.61 Å². The molecule has 0 saturated heterocycles. The Hall–Kier alpha value is -1.17. The topological polar surface area (TPSA) is 56.5 Å². The van der Waals surface area contributed by atoms with Crippen LogP contribution in [0, 0.1) is 5.82 Å². The second-order valence-electron chi connectivity index (χ2n) is 3.27. The van der Waals surface area contributed by atoms with E-state index < -0.39 is 5.82 Å². The summed E-state index contributed by atoms with van der Waals surface area (Å²) >= 11 is 0. The average Bonchev–Trinajstić information content (AvgIpc) is 2.30. The normalized spacial score (nSPS) is 12.5. The van der Waals surface area contributed by atoms with E-state index >= 15 is 0 Å². The van der Waals surface area contributed by atoms with E-state index in [1.54, 1.807) is 12.1 Å². The lowest BCUT2D eigenvalue weighted by Gasteiger charge is -2.16.